The van der Waals surface area contributed by atoms with Gasteiger partial charge in [0.05, 0.1) is 24.5 Å². The van der Waals surface area contributed by atoms with Gasteiger partial charge in [-0.25, -0.2) is 4.99 Å². The van der Waals surface area contributed by atoms with E-state index in [1.807, 2.05) is 17.8 Å². The van der Waals surface area contributed by atoms with E-state index < -0.39 is 0 Å². The van der Waals surface area contributed by atoms with Crippen LogP contribution in [0.3, 0.4) is 0 Å². The van der Waals surface area contributed by atoms with E-state index in [9.17, 15) is 0 Å². The molecule has 3 heterocycles. The van der Waals surface area contributed by atoms with E-state index in [0.717, 1.165) is 56.4 Å². The number of nitrogens with zero attached hydrogens (tertiary/aromatic N) is 4. The van der Waals surface area contributed by atoms with Crippen LogP contribution in [0.2, 0.25) is 0 Å². The summed E-state index contributed by atoms with van der Waals surface area (Å²) in [4.78, 5) is 7.44. The van der Waals surface area contributed by atoms with Gasteiger partial charge in [-0.15, -0.1) is 0 Å². The Bertz CT molecular complexity index is 789. The molecule has 0 radical (unpaired) electrons. The number of guanidine groups is 1. The molecular weight excluding hydrogens is 376 g/mol. The summed E-state index contributed by atoms with van der Waals surface area (Å²) in [6.07, 6.45) is 7.50. The summed E-state index contributed by atoms with van der Waals surface area (Å²) in [6.45, 7) is 10.9. The quantitative estimate of drug-likeness (QED) is 0.486. The second kappa shape index (κ2) is 11.2. The van der Waals surface area contributed by atoms with Crippen LogP contribution in [-0.2, 0) is 26.4 Å². The Morgan fingerprint density at radius 1 is 1.17 bits per heavy atom. The smallest absolute Gasteiger partial charge is 0.191 e. The number of likely N-dealkylation sites (tertiary alicyclic amines) is 1. The lowest BCUT2D eigenvalue weighted by Gasteiger charge is -2.33. The van der Waals surface area contributed by atoms with Crippen LogP contribution < -0.4 is 10.6 Å². The van der Waals surface area contributed by atoms with Crippen molar-refractivity contribution >= 4 is 5.96 Å². The molecule has 2 aromatic heterocycles. The average molecular weight is 415 g/mol. The molecule has 0 aliphatic carbocycles. The van der Waals surface area contributed by atoms with Gasteiger partial charge in [0, 0.05) is 31.4 Å². The highest BCUT2D eigenvalue weighted by molar-refractivity contribution is 5.79. The first-order valence-corrected chi connectivity index (χ1v) is 11.5. The molecule has 30 heavy (non-hydrogen) atoms. The van der Waals surface area contributed by atoms with Crippen LogP contribution in [-0.4, -0.2) is 46.8 Å². The van der Waals surface area contributed by atoms with Crippen molar-refractivity contribution < 1.29 is 4.42 Å². The van der Waals surface area contributed by atoms with Gasteiger partial charge in [-0.1, -0.05) is 20.3 Å². The molecule has 1 aliphatic heterocycles. The highest BCUT2D eigenvalue weighted by Gasteiger charge is 2.24. The molecule has 0 bridgehead atoms. The van der Waals surface area contributed by atoms with Crippen LogP contribution in [0.5, 0.6) is 0 Å². The molecule has 7 heteroatoms. The Labute approximate surface area is 180 Å². The van der Waals surface area contributed by atoms with Gasteiger partial charge in [-0.05, 0) is 57.8 Å². The molecule has 1 unspecified atom stereocenters. The Morgan fingerprint density at radius 3 is 2.60 bits per heavy atom. The monoisotopic (exact) mass is 414 g/mol. The van der Waals surface area contributed by atoms with Crippen LogP contribution >= 0.6 is 0 Å². The zero-order valence-electron chi connectivity index (χ0n) is 19.1. The minimum absolute atomic E-state index is 0.222. The summed E-state index contributed by atoms with van der Waals surface area (Å²) in [5.41, 5.74) is 3.68. The van der Waals surface area contributed by atoms with Gasteiger partial charge in [-0.3, -0.25) is 9.58 Å². The van der Waals surface area contributed by atoms with Gasteiger partial charge in [-0.2, -0.15) is 5.10 Å². The first kappa shape index (κ1) is 22.4. The lowest BCUT2D eigenvalue weighted by molar-refractivity contribution is 0.146. The fourth-order valence-corrected chi connectivity index (χ4v) is 4.39. The molecule has 2 aromatic rings. The fourth-order valence-electron chi connectivity index (χ4n) is 4.39. The largest absolute Gasteiger partial charge is 0.468 e. The topological polar surface area (TPSA) is 70.6 Å². The number of rotatable bonds is 9. The number of aromatic nitrogens is 2. The Morgan fingerprint density at radius 2 is 1.97 bits per heavy atom. The Balaban J connectivity index is 1.72. The van der Waals surface area contributed by atoms with E-state index in [1.165, 1.54) is 30.5 Å². The molecule has 3 rings (SSSR count). The zero-order valence-corrected chi connectivity index (χ0v) is 19.1. The second-order valence-corrected chi connectivity index (χ2v) is 7.91. The summed E-state index contributed by atoms with van der Waals surface area (Å²) in [6, 6.07) is 4.29. The minimum atomic E-state index is 0.222. The number of hydrogen-bond acceptors (Lipinski definition) is 4. The molecule has 7 nitrogen and oxygen atoms in total. The van der Waals surface area contributed by atoms with Crippen LogP contribution in [0.25, 0.3) is 0 Å². The highest BCUT2D eigenvalue weighted by atomic mass is 16.3. The lowest BCUT2D eigenvalue weighted by Crippen LogP contribution is -2.44. The first-order valence-electron chi connectivity index (χ1n) is 11.5. The molecular formula is C23H38N6O. The Kier molecular flexibility index (Phi) is 8.37. The molecule has 1 saturated heterocycles. The highest BCUT2D eigenvalue weighted by Crippen LogP contribution is 2.24. The number of piperidine rings is 1. The van der Waals surface area contributed by atoms with Gasteiger partial charge in [0.25, 0.3) is 0 Å². The van der Waals surface area contributed by atoms with E-state index in [-0.39, 0.29) is 6.04 Å². The standard InChI is InChI=1S/C23H38N6O/c1-5-19-18(20(6-2)28(4)27-19)16-25-23(24-7-3)26-17-21(22-12-11-15-30-22)29-13-9-8-10-14-29/h11-12,15,21H,5-10,13-14,16-17H2,1-4H3,(H2,24,25,26). The normalized spacial score (nSPS) is 16.6. The fraction of sp³-hybridized carbons (Fsp3) is 0.652. The van der Waals surface area contributed by atoms with Gasteiger partial charge in [0.2, 0.25) is 0 Å². The minimum Gasteiger partial charge on any atom is -0.468 e. The zero-order chi connectivity index (χ0) is 21.3. The van der Waals surface area contributed by atoms with E-state index >= 15 is 0 Å². The van der Waals surface area contributed by atoms with Gasteiger partial charge in [0.15, 0.2) is 5.96 Å². The molecule has 0 amide bonds. The number of aryl methyl sites for hydroxylation is 2. The third-order valence-electron chi connectivity index (χ3n) is 5.93. The number of aliphatic imine (C=N–C) groups is 1. The maximum atomic E-state index is 5.78. The molecule has 1 aliphatic rings. The van der Waals surface area contributed by atoms with Crippen molar-refractivity contribution in [1.82, 2.24) is 25.3 Å². The van der Waals surface area contributed by atoms with Crippen molar-refractivity contribution in [2.75, 3.05) is 26.2 Å². The SMILES string of the molecule is CCNC(=NCc1c(CC)nn(C)c1CC)NCC(c1ccco1)N1CCCCC1. The van der Waals surface area contributed by atoms with Crippen LogP contribution in [0, 0.1) is 0 Å². The van der Waals surface area contributed by atoms with Crippen molar-refractivity contribution in [3.63, 3.8) is 0 Å². The van der Waals surface area contributed by atoms with Crippen LogP contribution in [0.4, 0.5) is 0 Å². The summed E-state index contributed by atoms with van der Waals surface area (Å²) >= 11 is 0. The summed E-state index contributed by atoms with van der Waals surface area (Å²) in [7, 11) is 2.03. The molecule has 0 aromatic carbocycles. The molecule has 1 atom stereocenters. The third kappa shape index (κ3) is 5.45. The maximum Gasteiger partial charge on any atom is 0.191 e. The molecule has 2 N–H and O–H groups in total. The van der Waals surface area contributed by atoms with Crippen LogP contribution in [0.15, 0.2) is 27.8 Å². The lowest BCUT2D eigenvalue weighted by atomic mass is 10.1. The van der Waals surface area contributed by atoms with Crippen molar-refractivity contribution in [2.45, 2.75) is 65.5 Å². The van der Waals surface area contributed by atoms with E-state index in [2.05, 4.69) is 47.5 Å². The van der Waals surface area contributed by atoms with Crippen molar-refractivity contribution in [2.24, 2.45) is 12.0 Å². The second-order valence-electron chi connectivity index (χ2n) is 7.91. The number of nitrogens with one attached hydrogen (secondary N) is 2. The van der Waals surface area contributed by atoms with E-state index in [1.54, 1.807) is 6.26 Å². The Hall–Kier alpha value is -2.28. The number of hydrogen-bond donors (Lipinski definition) is 2. The van der Waals surface area contributed by atoms with Gasteiger partial charge >= 0.3 is 0 Å². The maximum absolute atomic E-state index is 5.78. The van der Waals surface area contributed by atoms with Gasteiger partial charge < -0.3 is 15.1 Å². The van der Waals surface area contributed by atoms with Crippen molar-refractivity contribution in [3.05, 3.63) is 41.1 Å². The molecule has 166 valence electrons. The average Bonchev–Trinajstić information content (AvgIpc) is 3.40. The summed E-state index contributed by atoms with van der Waals surface area (Å²) in [5, 5.41) is 11.6. The first-order chi connectivity index (χ1) is 14.7. The van der Waals surface area contributed by atoms with E-state index in [0.29, 0.717) is 6.54 Å². The van der Waals surface area contributed by atoms with E-state index in [4.69, 9.17) is 9.41 Å². The van der Waals surface area contributed by atoms with Gasteiger partial charge in [0.1, 0.15) is 5.76 Å². The predicted molar refractivity (Wildman–Crippen MR) is 122 cm³/mol. The van der Waals surface area contributed by atoms with Crippen molar-refractivity contribution in [1.29, 1.82) is 0 Å². The van der Waals surface area contributed by atoms with Crippen molar-refractivity contribution in [3.8, 4) is 0 Å². The van der Waals surface area contributed by atoms with Crippen LogP contribution in [0.1, 0.15) is 68.8 Å². The molecule has 0 spiro atoms. The molecule has 0 saturated carbocycles. The number of furan rings is 1. The molecule has 1 fully saturated rings. The third-order valence-corrected chi connectivity index (χ3v) is 5.93. The predicted octanol–water partition coefficient (Wildman–Crippen LogP) is 3.42. The summed E-state index contributed by atoms with van der Waals surface area (Å²) in [5.74, 6) is 1.87. The summed E-state index contributed by atoms with van der Waals surface area (Å²) < 4.78 is 7.79.